The third kappa shape index (κ3) is 7.88. The Morgan fingerprint density at radius 1 is 0.542 bits per heavy atom. The van der Waals surface area contributed by atoms with Gasteiger partial charge in [0.1, 0.15) is 17.9 Å². The van der Waals surface area contributed by atoms with Crippen molar-refractivity contribution >= 4 is 18.1 Å². The van der Waals surface area contributed by atoms with E-state index in [1.54, 1.807) is 35.2 Å². The minimum atomic E-state index is -0.267. The second kappa shape index (κ2) is 15.5. The predicted molar refractivity (Wildman–Crippen MR) is 184 cm³/mol. The maximum atomic E-state index is 13.1. The number of likely N-dealkylation sites (tertiary alicyclic amines) is 1. The van der Waals surface area contributed by atoms with Crippen LogP contribution in [0.2, 0.25) is 0 Å². The number of hydrogen-bond donors (Lipinski definition) is 0. The van der Waals surface area contributed by atoms with E-state index in [-0.39, 0.29) is 30.0 Å². The Bertz CT molecular complexity index is 1750. The zero-order chi connectivity index (χ0) is 33.5. The molecule has 0 unspecified atom stereocenters. The van der Waals surface area contributed by atoms with Gasteiger partial charge in [-0.1, -0.05) is 61.4 Å². The maximum Gasteiger partial charge on any atom is 0.254 e. The first-order valence-electron chi connectivity index (χ1n) is 16.9. The van der Waals surface area contributed by atoms with Gasteiger partial charge in [0, 0.05) is 37.3 Å². The monoisotopic (exact) mass is 649 g/mol. The molecular weight excluding hydrogens is 608 g/mol. The zero-order valence-electron chi connectivity index (χ0n) is 27.2. The number of halogens is 2. The first-order chi connectivity index (χ1) is 23.4. The van der Waals surface area contributed by atoms with E-state index >= 15 is 0 Å². The molecule has 0 N–H and O–H groups in total. The van der Waals surface area contributed by atoms with Crippen molar-refractivity contribution in [1.29, 1.82) is 0 Å². The van der Waals surface area contributed by atoms with E-state index in [4.69, 9.17) is 0 Å². The number of amides is 2. The second-order valence-corrected chi connectivity index (χ2v) is 12.7. The first-order valence-corrected chi connectivity index (χ1v) is 16.9. The fourth-order valence-electron chi connectivity index (χ4n) is 6.82. The van der Waals surface area contributed by atoms with Gasteiger partial charge in [0.05, 0.1) is 6.54 Å². The van der Waals surface area contributed by atoms with Crippen LogP contribution in [0, 0.1) is 11.6 Å². The third-order valence-corrected chi connectivity index (χ3v) is 9.58. The van der Waals surface area contributed by atoms with Crippen LogP contribution >= 0.6 is 0 Å². The number of nitrogens with zero attached hydrogens (tertiary/aromatic N) is 3. The highest BCUT2D eigenvalue weighted by atomic mass is 19.1. The van der Waals surface area contributed by atoms with Crippen molar-refractivity contribution in [2.75, 3.05) is 45.8 Å². The Morgan fingerprint density at radius 2 is 1.00 bits per heavy atom. The van der Waals surface area contributed by atoms with E-state index in [0.717, 1.165) is 77.7 Å². The summed E-state index contributed by atoms with van der Waals surface area (Å²) in [6, 6.07) is 24.4. The predicted octanol–water partition coefficient (Wildman–Crippen LogP) is 7.06. The van der Waals surface area contributed by atoms with E-state index in [0.29, 0.717) is 12.1 Å². The Morgan fingerprint density at radius 3 is 1.50 bits per heavy atom. The molecule has 3 aliphatic rings. The van der Waals surface area contributed by atoms with Crippen LogP contribution in [0.4, 0.5) is 8.78 Å². The lowest BCUT2D eigenvalue weighted by molar-refractivity contribution is -0.108. The van der Waals surface area contributed by atoms with E-state index in [9.17, 15) is 23.2 Å². The molecule has 0 aliphatic carbocycles. The molecule has 248 valence electrons. The number of benzene rings is 4. The highest BCUT2D eigenvalue weighted by molar-refractivity contribution is 5.98. The molecule has 1 fully saturated rings. The SMILES string of the molecule is O=C1c2ccc(-c3ccc(F)cc3)cc2CCN1CCN1CCCCCC1.O=CCN1CCc2cc(-c3ccc(F)cc3)ccc2C1=O. The topological polar surface area (TPSA) is 60.9 Å². The van der Waals surface area contributed by atoms with Crippen LogP contribution < -0.4 is 0 Å². The summed E-state index contributed by atoms with van der Waals surface area (Å²) in [5, 5.41) is 0. The molecule has 8 heteroatoms. The third-order valence-electron chi connectivity index (χ3n) is 9.58. The minimum Gasteiger partial charge on any atom is -0.337 e. The van der Waals surface area contributed by atoms with Crippen LogP contribution in [0.3, 0.4) is 0 Å². The standard InChI is InChI=1S/C23H27FN2O.C17H14FNO2/c24-21-8-5-18(6-9-21)19-7-10-22-20(17-19)11-14-26(23(22)27)16-15-25-12-3-1-2-4-13-25;18-15-4-1-12(2-5-15)13-3-6-16-14(11-13)7-8-19(9-10-20)17(16)21/h5-10,17H,1-4,11-16H2;1-6,10-11H,7-9H2. The number of rotatable bonds is 7. The second-order valence-electron chi connectivity index (χ2n) is 12.7. The Balaban J connectivity index is 0.000000173. The molecule has 0 spiro atoms. The smallest absolute Gasteiger partial charge is 0.254 e. The maximum absolute atomic E-state index is 13.1. The van der Waals surface area contributed by atoms with Gasteiger partial charge in [0.15, 0.2) is 0 Å². The van der Waals surface area contributed by atoms with Crippen molar-refractivity contribution in [3.63, 3.8) is 0 Å². The molecule has 0 aromatic heterocycles. The minimum absolute atomic E-state index is 0.103. The summed E-state index contributed by atoms with van der Waals surface area (Å²) in [4.78, 5) is 41.8. The zero-order valence-corrected chi connectivity index (χ0v) is 27.2. The van der Waals surface area contributed by atoms with Gasteiger partial charge in [-0.15, -0.1) is 0 Å². The number of hydrogen-bond acceptors (Lipinski definition) is 4. The van der Waals surface area contributed by atoms with Gasteiger partial charge < -0.3 is 19.5 Å². The molecule has 48 heavy (non-hydrogen) atoms. The van der Waals surface area contributed by atoms with Crippen molar-refractivity contribution < 1.29 is 23.2 Å². The fraction of sp³-hybridized carbons (Fsp3) is 0.325. The number of aldehydes is 1. The highest BCUT2D eigenvalue weighted by Gasteiger charge is 2.26. The lowest BCUT2D eigenvalue weighted by atomic mass is 9.94. The molecular formula is C40H41F2N3O3. The molecule has 1 saturated heterocycles. The molecule has 0 radical (unpaired) electrons. The molecule has 0 bridgehead atoms. The van der Waals surface area contributed by atoms with Crippen LogP contribution in [0.25, 0.3) is 22.3 Å². The lowest BCUT2D eigenvalue weighted by Crippen LogP contribution is -2.42. The fourth-order valence-corrected chi connectivity index (χ4v) is 6.82. The van der Waals surface area contributed by atoms with Gasteiger partial charge >= 0.3 is 0 Å². The van der Waals surface area contributed by atoms with Gasteiger partial charge in [-0.05, 0) is 109 Å². The summed E-state index contributed by atoms with van der Waals surface area (Å²) in [7, 11) is 0. The molecule has 7 rings (SSSR count). The van der Waals surface area contributed by atoms with Gasteiger partial charge in [0.25, 0.3) is 11.8 Å². The Labute approximate surface area is 281 Å². The molecule has 4 aromatic carbocycles. The summed E-state index contributed by atoms with van der Waals surface area (Å²) >= 11 is 0. The molecule has 3 aliphatic heterocycles. The Hall–Kier alpha value is -4.69. The molecule has 3 heterocycles. The van der Waals surface area contributed by atoms with E-state index < -0.39 is 0 Å². The van der Waals surface area contributed by atoms with E-state index in [1.165, 1.54) is 63.0 Å². The van der Waals surface area contributed by atoms with Gasteiger partial charge in [-0.25, -0.2) is 8.78 Å². The van der Waals surface area contributed by atoms with Crippen molar-refractivity contribution in [3.05, 3.63) is 119 Å². The van der Waals surface area contributed by atoms with Crippen LogP contribution in [0.15, 0.2) is 84.9 Å². The Kier molecular flexibility index (Phi) is 10.7. The van der Waals surface area contributed by atoms with Crippen LogP contribution in [-0.2, 0) is 17.6 Å². The largest absolute Gasteiger partial charge is 0.337 e. The molecule has 0 atom stereocenters. The average molecular weight is 650 g/mol. The van der Waals surface area contributed by atoms with Crippen LogP contribution in [0.5, 0.6) is 0 Å². The van der Waals surface area contributed by atoms with Crippen molar-refractivity contribution in [2.45, 2.75) is 38.5 Å². The quantitative estimate of drug-likeness (QED) is 0.201. The van der Waals surface area contributed by atoms with Crippen LogP contribution in [0.1, 0.15) is 57.5 Å². The van der Waals surface area contributed by atoms with Crippen LogP contribution in [-0.4, -0.2) is 78.6 Å². The molecule has 2 amide bonds. The molecule has 0 saturated carbocycles. The summed E-state index contributed by atoms with van der Waals surface area (Å²) in [5.41, 5.74) is 7.45. The van der Waals surface area contributed by atoms with E-state index in [1.807, 2.05) is 29.2 Å². The highest BCUT2D eigenvalue weighted by Crippen LogP contribution is 2.28. The first kappa shape index (κ1) is 33.2. The van der Waals surface area contributed by atoms with Crippen molar-refractivity contribution in [3.8, 4) is 22.3 Å². The van der Waals surface area contributed by atoms with Crippen molar-refractivity contribution in [1.82, 2.24) is 14.7 Å². The number of carbonyl (C=O) groups is 3. The number of carbonyl (C=O) groups excluding carboxylic acids is 3. The molecule has 6 nitrogen and oxygen atoms in total. The van der Waals surface area contributed by atoms with E-state index in [2.05, 4.69) is 11.0 Å². The summed E-state index contributed by atoms with van der Waals surface area (Å²) in [6.45, 7) is 5.61. The summed E-state index contributed by atoms with van der Waals surface area (Å²) < 4.78 is 26.1. The van der Waals surface area contributed by atoms with Crippen molar-refractivity contribution in [2.24, 2.45) is 0 Å². The summed E-state index contributed by atoms with van der Waals surface area (Å²) in [6.07, 6.45) is 7.59. The lowest BCUT2D eigenvalue weighted by Gasteiger charge is -2.31. The summed E-state index contributed by atoms with van der Waals surface area (Å²) in [5.74, 6) is -0.450. The average Bonchev–Trinajstić information content (AvgIpc) is 3.39. The molecule has 4 aromatic rings. The normalized spacial score (nSPS) is 16.4. The van der Waals surface area contributed by atoms with Gasteiger partial charge in [-0.2, -0.15) is 0 Å². The van der Waals surface area contributed by atoms with Gasteiger partial charge in [0.2, 0.25) is 0 Å². The number of fused-ring (bicyclic) bond motifs is 2. The van der Waals surface area contributed by atoms with Gasteiger partial charge in [-0.3, -0.25) is 9.59 Å².